The summed E-state index contributed by atoms with van der Waals surface area (Å²) in [5.74, 6) is 0.655. The molecule has 0 atom stereocenters. The summed E-state index contributed by atoms with van der Waals surface area (Å²) in [6.07, 6.45) is 4.73. The van der Waals surface area contributed by atoms with Gasteiger partial charge in [-0.15, -0.1) is 16.7 Å². The highest BCUT2D eigenvalue weighted by atomic mass is 35.5. The largest absolute Gasteiger partial charge is 0.248 e. The monoisotopic (exact) mass is 185 g/mol. The first-order valence-electron chi connectivity index (χ1n) is 3.83. The highest BCUT2D eigenvalue weighted by Gasteiger charge is 2.00. The van der Waals surface area contributed by atoms with Crippen LogP contribution in [0.15, 0.2) is 12.3 Å². The van der Waals surface area contributed by atoms with Gasteiger partial charge in [-0.1, -0.05) is 11.3 Å². The van der Waals surface area contributed by atoms with E-state index in [1.54, 1.807) is 10.9 Å². The Balaban J connectivity index is 2.77. The second-order valence-corrected chi connectivity index (χ2v) is 2.99. The van der Waals surface area contributed by atoms with Crippen LogP contribution in [-0.2, 0) is 7.05 Å². The third-order valence-electron chi connectivity index (χ3n) is 1.68. The summed E-state index contributed by atoms with van der Waals surface area (Å²) >= 11 is 5.56. The molecule has 0 spiro atoms. The number of alkyl halides is 1. The molecule has 0 saturated heterocycles. The predicted molar refractivity (Wildman–Crippen MR) is 50.0 cm³/mol. The van der Waals surface area contributed by atoms with Gasteiger partial charge in [-0.3, -0.25) is 0 Å². The number of hydrogen-bond donors (Lipinski definition) is 0. The van der Waals surface area contributed by atoms with Crippen molar-refractivity contribution in [3.63, 3.8) is 0 Å². The van der Waals surface area contributed by atoms with E-state index in [1.165, 1.54) is 5.57 Å². The molecule has 0 unspecified atom stereocenters. The molecule has 0 amide bonds. The minimum Gasteiger partial charge on any atom is -0.248 e. The maximum Gasteiger partial charge on any atom is 0.0835 e. The molecular formula is C8H12ClN3. The Hall–Kier alpha value is -0.830. The van der Waals surface area contributed by atoms with Gasteiger partial charge in [0, 0.05) is 12.9 Å². The van der Waals surface area contributed by atoms with E-state index in [4.69, 9.17) is 11.6 Å². The number of nitrogens with zero attached hydrogens (tertiary/aromatic N) is 3. The van der Waals surface area contributed by atoms with Crippen molar-refractivity contribution in [2.75, 3.05) is 5.88 Å². The molecule has 1 rings (SSSR count). The fourth-order valence-electron chi connectivity index (χ4n) is 1.02. The summed E-state index contributed by atoms with van der Waals surface area (Å²) < 4.78 is 1.75. The van der Waals surface area contributed by atoms with Crippen LogP contribution in [0.2, 0.25) is 0 Å². The molecule has 0 saturated carbocycles. The van der Waals surface area contributed by atoms with Crippen LogP contribution in [0, 0.1) is 0 Å². The zero-order valence-corrected chi connectivity index (χ0v) is 8.04. The molecule has 0 aliphatic carbocycles. The topological polar surface area (TPSA) is 30.7 Å². The zero-order chi connectivity index (χ0) is 8.97. The molecule has 0 aliphatic heterocycles. The van der Waals surface area contributed by atoms with Crippen LogP contribution in [0.4, 0.5) is 0 Å². The fourth-order valence-corrected chi connectivity index (χ4v) is 1.13. The highest BCUT2D eigenvalue weighted by molar-refractivity contribution is 6.17. The van der Waals surface area contributed by atoms with Gasteiger partial charge in [-0.25, -0.2) is 4.68 Å². The summed E-state index contributed by atoms with van der Waals surface area (Å²) in [4.78, 5) is 0. The van der Waals surface area contributed by atoms with E-state index in [9.17, 15) is 0 Å². The Bertz CT molecular complexity index is 278. The third-order valence-corrected chi connectivity index (χ3v) is 1.90. The van der Waals surface area contributed by atoms with Crippen molar-refractivity contribution in [2.45, 2.75) is 13.3 Å². The van der Waals surface area contributed by atoms with Gasteiger partial charge in [0.1, 0.15) is 0 Å². The number of rotatable bonds is 3. The van der Waals surface area contributed by atoms with E-state index in [-0.39, 0.29) is 0 Å². The van der Waals surface area contributed by atoms with Crippen LogP contribution in [0.3, 0.4) is 0 Å². The summed E-state index contributed by atoms with van der Waals surface area (Å²) in [6, 6.07) is 0. The van der Waals surface area contributed by atoms with Gasteiger partial charge in [-0.05, 0) is 18.9 Å². The predicted octanol–water partition coefficient (Wildman–Crippen LogP) is 1.85. The van der Waals surface area contributed by atoms with Crippen LogP contribution in [0.5, 0.6) is 0 Å². The molecule has 0 radical (unpaired) electrons. The Kier molecular flexibility index (Phi) is 3.29. The van der Waals surface area contributed by atoms with Crippen LogP contribution in [0.25, 0.3) is 5.57 Å². The minimum absolute atomic E-state index is 0.655. The Morgan fingerprint density at radius 1 is 1.75 bits per heavy atom. The molecule has 12 heavy (non-hydrogen) atoms. The molecule has 0 aromatic carbocycles. The number of aryl methyl sites for hydroxylation is 1. The lowest BCUT2D eigenvalue weighted by Gasteiger charge is -1.98. The molecule has 4 heteroatoms. The molecule has 3 nitrogen and oxygen atoms in total. The van der Waals surface area contributed by atoms with Gasteiger partial charge in [0.2, 0.25) is 0 Å². The molecule has 66 valence electrons. The lowest BCUT2D eigenvalue weighted by molar-refractivity contribution is 0.707. The van der Waals surface area contributed by atoms with Crippen molar-refractivity contribution in [2.24, 2.45) is 7.05 Å². The van der Waals surface area contributed by atoms with Crippen LogP contribution < -0.4 is 0 Å². The quantitative estimate of drug-likeness (QED) is 0.673. The van der Waals surface area contributed by atoms with Crippen LogP contribution in [0.1, 0.15) is 19.0 Å². The molecule has 1 heterocycles. The molecule has 0 N–H and O–H groups in total. The van der Waals surface area contributed by atoms with Crippen molar-refractivity contribution >= 4 is 17.2 Å². The molecular weight excluding hydrogens is 174 g/mol. The summed E-state index contributed by atoms with van der Waals surface area (Å²) in [7, 11) is 1.88. The smallest absolute Gasteiger partial charge is 0.0835 e. The fraction of sp³-hybridized carbons (Fsp3) is 0.500. The molecule has 0 fully saturated rings. The summed E-state index contributed by atoms with van der Waals surface area (Å²) in [6.45, 7) is 2.03. The standard InChI is InChI=1S/C8H12ClN3/c1-7(4-3-5-9)8-6-10-11-12(8)2/h4,6H,3,5H2,1-2H3. The van der Waals surface area contributed by atoms with Crippen molar-refractivity contribution in [1.82, 2.24) is 15.0 Å². The van der Waals surface area contributed by atoms with Crippen molar-refractivity contribution in [1.29, 1.82) is 0 Å². The molecule has 0 bridgehead atoms. The Morgan fingerprint density at radius 2 is 2.50 bits per heavy atom. The summed E-state index contributed by atoms with van der Waals surface area (Å²) in [5, 5.41) is 7.63. The third kappa shape index (κ3) is 2.08. The number of halogens is 1. The first-order valence-corrected chi connectivity index (χ1v) is 4.37. The minimum atomic E-state index is 0.655. The van der Waals surface area contributed by atoms with Crippen molar-refractivity contribution in [3.8, 4) is 0 Å². The van der Waals surface area contributed by atoms with Crippen LogP contribution in [-0.4, -0.2) is 20.9 Å². The first-order chi connectivity index (χ1) is 5.75. The maximum atomic E-state index is 5.56. The van der Waals surface area contributed by atoms with Gasteiger partial charge in [0.15, 0.2) is 0 Å². The lowest BCUT2D eigenvalue weighted by Crippen LogP contribution is -1.95. The van der Waals surface area contributed by atoms with Crippen molar-refractivity contribution < 1.29 is 0 Å². The number of allylic oxidation sites excluding steroid dienone is 2. The second-order valence-electron chi connectivity index (χ2n) is 2.61. The van der Waals surface area contributed by atoms with Gasteiger partial charge in [-0.2, -0.15) is 0 Å². The van der Waals surface area contributed by atoms with E-state index in [2.05, 4.69) is 16.4 Å². The van der Waals surface area contributed by atoms with Crippen LogP contribution >= 0.6 is 11.6 Å². The average Bonchev–Trinajstić information content (AvgIpc) is 2.47. The number of aromatic nitrogens is 3. The maximum absolute atomic E-state index is 5.56. The lowest BCUT2D eigenvalue weighted by atomic mass is 10.2. The molecule has 1 aromatic heterocycles. The van der Waals surface area contributed by atoms with Gasteiger partial charge >= 0.3 is 0 Å². The first kappa shape index (κ1) is 9.26. The second kappa shape index (κ2) is 4.26. The highest BCUT2D eigenvalue weighted by Crippen LogP contribution is 2.11. The number of hydrogen-bond acceptors (Lipinski definition) is 2. The average molecular weight is 186 g/mol. The van der Waals surface area contributed by atoms with Gasteiger partial charge in [0.25, 0.3) is 0 Å². The Labute approximate surface area is 77.0 Å². The van der Waals surface area contributed by atoms with Crippen molar-refractivity contribution in [3.05, 3.63) is 18.0 Å². The zero-order valence-electron chi connectivity index (χ0n) is 7.29. The molecule has 1 aromatic rings. The van der Waals surface area contributed by atoms with E-state index in [0.717, 1.165) is 12.1 Å². The summed E-state index contributed by atoms with van der Waals surface area (Å²) in [5.41, 5.74) is 2.21. The SMILES string of the molecule is CC(=CCCCl)c1cnnn1C. The van der Waals surface area contributed by atoms with E-state index >= 15 is 0 Å². The normalized spacial score (nSPS) is 12.1. The van der Waals surface area contributed by atoms with E-state index in [0.29, 0.717) is 5.88 Å². The molecule has 0 aliphatic rings. The van der Waals surface area contributed by atoms with E-state index < -0.39 is 0 Å². The van der Waals surface area contributed by atoms with Gasteiger partial charge < -0.3 is 0 Å². The van der Waals surface area contributed by atoms with E-state index in [1.807, 2.05) is 14.0 Å². The van der Waals surface area contributed by atoms with Gasteiger partial charge in [0.05, 0.1) is 11.9 Å². The Morgan fingerprint density at radius 3 is 3.00 bits per heavy atom.